The van der Waals surface area contributed by atoms with Crippen LogP contribution in [0.25, 0.3) is 0 Å². The highest BCUT2D eigenvalue weighted by Crippen LogP contribution is 2.40. The Hall–Kier alpha value is -0.640. The second-order valence-corrected chi connectivity index (χ2v) is 7.15. The van der Waals surface area contributed by atoms with Gasteiger partial charge < -0.3 is 11.1 Å². The SMILES string of the molecule is CC1(CNC(=O)C2(C(N)=S)CCCC2)CCCCC1. The number of carbonyl (C=O) groups excluding carboxylic acids is 1. The minimum Gasteiger partial charge on any atom is -0.392 e. The highest BCUT2D eigenvalue weighted by atomic mass is 32.1. The topological polar surface area (TPSA) is 55.1 Å². The van der Waals surface area contributed by atoms with E-state index in [9.17, 15) is 4.79 Å². The van der Waals surface area contributed by atoms with Crippen LogP contribution >= 0.6 is 12.2 Å². The zero-order valence-electron chi connectivity index (χ0n) is 12.0. The first kappa shape index (κ1) is 14.8. The van der Waals surface area contributed by atoms with Crippen LogP contribution in [0.2, 0.25) is 0 Å². The highest BCUT2D eigenvalue weighted by molar-refractivity contribution is 7.80. The molecule has 0 radical (unpaired) electrons. The normalized spacial score (nSPS) is 24.9. The summed E-state index contributed by atoms with van der Waals surface area (Å²) in [6.07, 6.45) is 10.1. The van der Waals surface area contributed by atoms with Gasteiger partial charge in [0.2, 0.25) is 5.91 Å². The summed E-state index contributed by atoms with van der Waals surface area (Å²) >= 11 is 5.16. The summed E-state index contributed by atoms with van der Waals surface area (Å²) < 4.78 is 0. The van der Waals surface area contributed by atoms with Crippen molar-refractivity contribution >= 4 is 23.1 Å². The molecule has 19 heavy (non-hydrogen) atoms. The molecule has 0 atom stereocenters. The molecule has 2 saturated carbocycles. The molecule has 0 aliphatic heterocycles. The maximum Gasteiger partial charge on any atom is 0.233 e. The Morgan fingerprint density at radius 1 is 1.11 bits per heavy atom. The molecule has 0 heterocycles. The van der Waals surface area contributed by atoms with Crippen LogP contribution in [0.4, 0.5) is 0 Å². The zero-order chi connectivity index (χ0) is 13.9. The fourth-order valence-corrected chi connectivity index (χ4v) is 3.91. The van der Waals surface area contributed by atoms with E-state index >= 15 is 0 Å². The lowest BCUT2D eigenvalue weighted by Gasteiger charge is -2.35. The zero-order valence-corrected chi connectivity index (χ0v) is 12.8. The molecular formula is C15H26N2OS. The van der Waals surface area contributed by atoms with E-state index in [1.807, 2.05) is 0 Å². The van der Waals surface area contributed by atoms with Crippen LogP contribution in [-0.2, 0) is 4.79 Å². The molecule has 4 heteroatoms. The maximum absolute atomic E-state index is 12.5. The van der Waals surface area contributed by atoms with E-state index in [2.05, 4.69) is 12.2 Å². The second kappa shape index (κ2) is 5.78. The molecule has 108 valence electrons. The number of carbonyl (C=O) groups is 1. The second-order valence-electron chi connectivity index (χ2n) is 6.71. The monoisotopic (exact) mass is 282 g/mol. The minimum atomic E-state index is -0.555. The lowest BCUT2D eigenvalue weighted by Crippen LogP contribution is -2.49. The van der Waals surface area contributed by atoms with E-state index in [1.165, 1.54) is 32.1 Å². The van der Waals surface area contributed by atoms with Crippen molar-refractivity contribution in [3.63, 3.8) is 0 Å². The first-order valence-electron chi connectivity index (χ1n) is 7.57. The van der Waals surface area contributed by atoms with Crippen molar-refractivity contribution < 1.29 is 4.79 Å². The Morgan fingerprint density at radius 3 is 2.16 bits per heavy atom. The Bertz CT molecular complexity index is 355. The lowest BCUT2D eigenvalue weighted by atomic mass is 9.75. The van der Waals surface area contributed by atoms with E-state index in [0.717, 1.165) is 32.2 Å². The Balaban J connectivity index is 1.94. The van der Waals surface area contributed by atoms with Crippen molar-refractivity contribution in [2.45, 2.75) is 64.7 Å². The molecule has 0 aromatic carbocycles. The largest absolute Gasteiger partial charge is 0.392 e. The molecule has 0 unspecified atom stereocenters. The molecule has 0 aromatic heterocycles. The third-order valence-corrected chi connectivity index (χ3v) is 5.49. The van der Waals surface area contributed by atoms with E-state index in [-0.39, 0.29) is 11.3 Å². The predicted molar refractivity (Wildman–Crippen MR) is 81.9 cm³/mol. The molecule has 0 spiro atoms. The fourth-order valence-electron chi connectivity index (χ4n) is 3.61. The van der Waals surface area contributed by atoms with Crippen LogP contribution in [0.15, 0.2) is 0 Å². The number of hydrogen-bond donors (Lipinski definition) is 2. The van der Waals surface area contributed by atoms with Gasteiger partial charge in [-0.1, -0.05) is 51.2 Å². The third kappa shape index (κ3) is 3.10. The fraction of sp³-hybridized carbons (Fsp3) is 0.867. The van der Waals surface area contributed by atoms with Gasteiger partial charge in [0, 0.05) is 6.54 Å². The van der Waals surface area contributed by atoms with E-state index < -0.39 is 5.41 Å². The Labute approximate surface area is 121 Å². The van der Waals surface area contributed by atoms with Crippen molar-refractivity contribution in [2.75, 3.05) is 6.54 Å². The van der Waals surface area contributed by atoms with Crippen molar-refractivity contribution in [2.24, 2.45) is 16.6 Å². The lowest BCUT2D eigenvalue weighted by molar-refractivity contribution is -0.127. The molecule has 0 aromatic rings. The number of thiocarbonyl (C=S) groups is 1. The quantitative estimate of drug-likeness (QED) is 0.780. The average molecular weight is 282 g/mol. The van der Waals surface area contributed by atoms with Crippen molar-refractivity contribution in [3.05, 3.63) is 0 Å². The first-order chi connectivity index (χ1) is 8.99. The van der Waals surface area contributed by atoms with Crippen molar-refractivity contribution in [1.82, 2.24) is 5.32 Å². The number of nitrogens with two attached hydrogens (primary N) is 1. The van der Waals surface area contributed by atoms with Crippen LogP contribution < -0.4 is 11.1 Å². The van der Waals surface area contributed by atoms with Crippen LogP contribution in [-0.4, -0.2) is 17.4 Å². The molecule has 1 amide bonds. The highest BCUT2D eigenvalue weighted by Gasteiger charge is 2.44. The Kier molecular flexibility index (Phi) is 4.49. The standard InChI is InChI=1S/C15H26N2OS/c1-14(7-3-2-4-8-14)11-17-13(18)15(12(16)19)9-5-6-10-15/h2-11H2,1H3,(H2,16,19)(H,17,18). The van der Waals surface area contributed by atoms with Gasteiger partial charge in [-0.3, -0.25) is 4.79 Å². The van der Waals surface area contributed by atoms with Crippen LogP contribution in [0.1, 0.15) is 64.7 Å². The smallest absolute Gasteiger partial charge is 0.233 e. The molecule has 2 aliphatic carbocycles. The Morgan fingerprint density at radius 2 is 1.63 bits per heavy atom. The molecular weight excluding hydrogens is 256 g/mol. The third-order valence-electron chi connectivity index (χ3n) is 5.10. The van der Waals surface area contributed by atoms with Gasteiger partial charge in [0.15, 0.2) is 0 Å². The van der Waals surface area contributed by atoms with Crippen LogP contribution in [0, 0.1) is 10.8 Å². The van der Waals surface area contributed by atoms with Gasteiger partial charge in [-0.2, -0.15) is 0 Å². The number of hydrogen-bond acceptors (Lipinski definition) is 2. The summed E-state index contributed by atoms with van der Waals surface area (Å²) in [4.78, 5) is 12.9. The van der Waals surface area contributed by atoms with E-state index in [0.29, 0.717) is 4.99 Å². The number of nitrogens with one attached hydrogen (secondary N) is 1. The van der Waals surface area contributed by atoms with E-state index in [4.69, 9.17) is 18.0 Å². The van der Waals surface area contributed by atoms with Crippen molar-refractivity contribution in [3.8, 4) is 0 Å². The summed E-state index contributed by atoms with van der Waals surface area (Å²) in [6.45, 7) is 3.06. The minimum absolute atomic E-state index is 0.0734. The number of rotatable bonds is 4. The molecule has 0 bridgehead atoms. The summed E-state index contributed by atoms with van der Waals surface area (Å²) in [5.41, 5.74) is 5.56. The average Bonchev–Trinajstić information content (AvgIpc) is 2.87. The summed E-state index contributed by atoms with van der Waals surface area (Å²) in [5, 5.41) is 3.15. The molecule has 0 saturated heterocycles. The molecule has 3 N–H and O–H groups in total. The van der Waals surface area contributed by atoms with Gasteiger partial charge in [0.1, 0.15) is 0 Å². The maximum atomic E-state index is 12.5. The molecule has 2 fully saturated rings. The summed E-state index contributed by atoms with van der Waals surface area (Å²) in [6, 6.07) is 0. The molecule has 2 rings (SSSR count). The molecule has 2 aliphatic rings. The molecule has 3 nitrogen and oxygen atoms in total. The predicted octanol–water partition coefficient (Wildman–Crippen LogP) is 2.92. The van der Waals surface area contributed by atoms with Gasteiger partial charge in [-0.15, -0.1) is 0 Å². The summed E-state index contributed by atoms with van der Waals surface area (Å²) in [5.74, 6) is 0.0734. The summed E-state index contributed by atoms with van der Waals surface area (Å²) in [7, 11) is 0. The van der Waals surface area contributed by atoms with Crippen LogP contribution in [0.5, 0.6) is 0 Å². The van der Waals surface area contributed by atoms with Crippen molar-refractivity contribution in [1.29, 1.82) is 0 Å². The van der Waals surface area contributed by atoms with E-state index in [1.54, 1.807) is 0 Å². The van der Waals surface area contributed by atoms with Gasteiger partial charge in [0.25, 0.3) is 0 Å². The first-order valence-corrected chi connectivity index (χ1v) is 7.98. The van der Waals surface area contributed by atoms with Crippen LogP contribution in [0.3, 0.4) is 0 Å². The number of amides is 1. The van der Waals surface area contributed by atoms with Gasteiger partial charge in [-0.25, -0.2) is 0 Å². The van der Waals surface area contributed by atoms with Gasteiger partial charge in [-0.05, 0) is 31.1 Å². The van der Waals surface area contributed by atoms with Gasteiger partial charge >= 0.3 is 0 Å². The van der Waals surface area contributed by atoms with Gasteiger partial charge in [0.05, 0.1) is 10.4 Å².